The van der Waals surface area contributed by atoms with Gasteiger partial charge in [0.2, 0.25) is 5.91 Å². The molecule has 1 aliphatic carbocycles. The topological polar surface area (TPSA) is 49.3 Å². The lowest BCUT2D eigenvalue weighted by atomic mass is 9.64. The molecule has 1 fully saturated rings. The Bertz CT molecular complexity index is 678. The molecule has 3 nitrogen and oxygen atoms in total. The van der Waals surface area contributed by atoms with E-state index in [-0.39, 0.29) is 23.5 Å². The van der Waals surface area contributed by atoms with E-state index in [0.717, 1.165) is 10.9 Å². The second-order valence-corrected chi connectivity index (χ2v) is 6.55. The first kappa shape index (κ1) is 14.1. The van der Waals surface area contributed by atoms with E-state index in [1.54, 1.807) is 0 Å². The third-order valence-electron chi connectivity index (χ3n) is 4.73. The fourth-order valence-electron chi connectivity index (χ4n) is 2.93. The van der Waals surface area contributed by atoms with Crippen LogP contribution in [0.5, 0.6) is 0 Å². The van der Waals surface area contributed by atoms with Gasteiger partial charge >= 0.3 is 0 Å². The van der Waals surface area contributed by atoms with E-state index in [9.17, 15) is 9.90 Å². The van der Waals surface area contributed by atoms with Crippen LogP contribution in [-0.2, 0) is 11.2 Å². The Kier molecular flexibility index (Phi) is 3.46. The largest absolute Gasteiger partial charge is 0.392 e. The van der Waals surface area contributed by atoms with Gasteiger partial charge in [0, 0.05) is 11.5 Å². The number of hydrogen-bond acceptors (Lipinski definition) is 2. The number of fused-ring (bicyclic) bond motifs is 1. The molecule has 0 aromatic heterocycles. The fraction of sp³-hybridized carbons (Fsp3) is 0.389. The highest BCUT2D eigenvalue weighted by Crippen LogP contribution is 2.40. The summed E-state index contributed by atoms with van der Waals surface area (Å²) in [5.41, 5.74) is 0.794. The van der Waals surface area contributed by atoms with Gasteiger partial charge < -0.3 is 10.4 Å². The monoisotopic (exact) mass is 283 g/mol. The third kappa shape index (κ3) is 2.66. The average molecular weight is 283 g/mol. The van der Waals surface area contributed by atoms with Crippen LogP contribution >= 0.6 is 0 Å². The van der Waals surface area contributed by atoms with Crippen LogP contribution in [0.4, 0.5) is 0 Å². The van der Waals surface area contributed by atoms with E-state index in [2.05, 4.69) is 29.6 Å². The normalized spacial score (nSPS) is 23.6. The maximum Gasteiger partial charge on any atom is 0.224 e. The predicted octanol–water partition coefficient (Wildman–Crippen LogP) is 2.66. The van der Waals surface area contributed by atoms with E-state index in [4.69, 9.17) is 0 Å². The molecule has 0 radical (unpaired) electrons. The zero-order chi connectivity index (χ0) is 15.0. The van der Waals surface area contributed by atoms with Crippen LogP contribution in [0.2, 0.25) is 0 Å². The number of nitrogens with one attached hydrogen (secondary N) is 1. The summed E-state index contributed by atoms with van der Waals surface area (Å²) in [6.07, 6.45) is 0.715. The maximum atomic E-state index is 12.2. The van der Waals surface area contributed by atoms with Gasteiger partial charge in [0.25, 0.3) is 0 Å². The van der Waals surface area contributed by atoms with Crippen LogP contribution in [0.25, 0.3) is 10.8 Å². The summed E-state index contributed by atoms with van der Waals surface area (Å²) in [6, 6.07) is 14.3. The van der Waals surface area contributed by atoms with Crippen molar-refractivity contribution in [2.45, 2.75) is 38.8 Å². The highest BCUT2D eigenvalue weighted by atomic mass is 16.3. The summed E-state index contributed by atoms with van der Waals surface area (Å²) in [4.78, 5) is 12.2. The van der Waals surface area contributed by atoms with Crippen molar-refractivity contribution in [3.05, 3.63) is 48.0 Å². The molecule has 110 valence electrons. The minimum absolute atomic E-state index is 0.0234. The van der Waals surface area contributed by atoms with Crippen molar-refractivity contribution in [3.63, 3.8) is 0 Å². The van der Waals surface area contributed by atoms with Gasteiger partial charge in [0.15, 0.2) is 0 Å². The number of carbonyl (C=O) groups is 1. The zero-order valence-corrected chi connectivity index (χ0v) is 12.5. The molecule has 3 rings (SSSR count). The second kappa shape index (κ2) is 5.15. The van der Waals surface area contributed by atoms with Gasteiger partial charge in [-0.2, -0.15) is 0 Å². The van der Waals surface area contributed by atoms with Gasteiger partial charge in [-0.15, -0.1) is 0 Å². The Morgan fingerprint density at radius 3 is 2.62 bits per heavy atom. The number of rotatable bonds is 3. The number of aliphatic hydroxyl groups is 1. The lowest BCUT2D eigenvalue weighted by Crippen LogP contribution is -2.61. The van der Waals surface area contributed by atoms with Crippen LogP contribution in [0, 0.1) is 5.41 Å². The standard InChI is InChI=1S/C18H21NO2/c1-18(2)15(11-16(18)20)19-17(21)10-12-7-8-13-5-3-4-6-14(13)9-12/h3-9,15-16,20H,10-11H2,1-2H3,(H,19,21). The summed E-state index contributed by atoms with van der Waals surface area (Å²) in [7, 11) is 0. The minimum Gasteiger partial charge on any atom is -0.392 e. The summed E-state index contributed by atoms with van der Waals surface area (Å²) in [6.45, 7) is 3.98. The molecule has 0 bridgehead atoms. The van der Waals surface area contributed by atoms with Gasteiger partial charge in [0.1, 0.15) is 0 Å². The Morgan fingerprint density at radius 1 is 1.24 bits per heavy atom. The molecule has 0 saturated heterocycles. The Morgan fingerprint density at radius 2 is 1.95 bits per heavy atom. The third-order valence-corrected chi connectivity index (χ3v) is 4.73. The highest BCUT2D eigenvalue weighted by molar-refractivity contribution is 5.85. The number of hydrogen-bond donors (Lipinski definition) is 2. The van der Waals surface area contributed by atoms with E-state index < -0.39 is 0 Å². The highest BCUT2D eigenvalue weighted by Gasteiger charge is 2.47. The van der Waals surface area contributed by atoms with E-state index in [1.165, 1.54) is 5.39 Å². The number of amides is 1. The van der Waals surface area contributed by atoms with E-state index in [1.807, 2.05) is 32.0 Å². The molecular weight excluding hydrogens is 262 g/mol. The maximum absolute atomic E-state index is 12.2. The van der Waals surface area contributed by atoms with E-state index >= 15 is 0 Å². The first-order valence-electron chi connectivity index (χ1n) is 7.42. The molecule has 2 N–H and O–H groups in total. The van der Waals surface area contributed by atoms with Crippen molar-refractivity contribution < 1.29 is 9.90 Å². The van der Waals surface area contributed by atoms with Gasteiger partial charge in [0.05, 0.1) is 12.5 Å². The van der Waals surface area contributed by atoms with Gasteiger partial charge in [-0.25, -0.2) is 0 Å². The van der Waals surface area contributed by atoms with Crippen LogP contribution in [0.15, 0.2) is 42.5 Å². The first-order chi connectivity index (χ1) is 9.96. The molecule has 3 heteroatoms. The van der Waals surface area contributed by atoms with Gasteiger partial charge in [-0.05, 0) is 22.8 Å². The molecule has 1 saturated carbocycles. The SMILES string of the molecule is CC1(C)C(O)CC1NC(=O)Cc1ccc2ccccc2c1. The molecule has 1 amide bonds. The summed E-state index contributed by atoms with van der Waals surface area (Å²) < 4.78 is 0. The lowest BCUT2D eigenvalue weighted by molar-refractivity contribution is -0.128. The molecule has 2 aromatic rings. The molecule has 1 aliphatic rings. The number of aliphatic hydroxyl groups excluding tert-OH is 1. The molecule has 2 unspecified atom stereocenters. The number of benzene rings is 2. The van der Waals surface area contributed by atoms with Crippen LogP contribution < -0.4 is 5.32 Å². The van der Waals surface area contributed by atoms with Gasteiger partial charge in [-0.3, -0.25) is 4.79 Å². The molecule has 0 spiro atoms. The zero-order valence-electron chi connectivity index (χ0n) is 12.5. The summed E-state index contributed by atoms with van der Waals surface area (Å²) >= 11 is 0. The van der Waals surface area contributed by atoms with Crippen LogP contribution in [-0.4, -0.2) is 23.2 Å². The van der Waals surface area contributed by atoms with Crippen molar-refractivity contribution in [1.82, 2.24) is 5.32 Å². The second-order valence-electron chi connectivity index (χ2n) is 6.55. The Balaban J connectivity index is 1.66. The minimum atomic E-state index is -0.316. The Hall–Kier alpha value is -1.87. The van der Waals surface area contributed by atoms with Crippen molar-refractivity contribution in [3.8, 4) is 0 Å². The van der Waals surface area contributed by atoms with Gasteiger partial charge in [-0.1, -0.05) is 56.3 Å². The predicted molar refractivity (Wildman–Crippen MR) is 84.0 cm³/mol. The van der Waals surface area contributed by atoms with Crippen molar-refractivity contribution >= 4 is 16.7 Å². The number of carbonyl (C=O) groups excluding carboxylic acids is 1. The van der Waals surface area contributed by atoms with E-state index in [0.29, 0.717) is 12.8 Å². The molecule has 21 heavy (non-hydrogen) atoms. The summed E-state index contributed by atoms with van der Waals surface area (Å²) in [5, 5.41) is 15.1. The molecule has 0 aliphatic heterocycles. The average Bonchev–Trinajstić information content (AvgIpc) is 2.47. The quantitative estimate of drug-likeness (QED) is 0.910. The lowest BCUT2D eigenvalue weighted by Gasteiger charge is -2.49. The molecule has 0 heterocycles. The molecule has 2 aromatic carbocycles. The summed E-state index contributed by atoms with van der Waals surface area (Å²) in [5.74, 6) is 0.0234. The van der Waals surface area contributed by atoms with Crippen molar-refractivity contribution in [2.24, 2.45) is 5.41 Å². The molecule has 2 atom stereocenters. The fourth-order valence-corrected chi connectivity index (χ4v) is 2.93. The van der Waals surface area contributed by atoms with Crippen molar-refractivity contribution in [1.29, 1.82) is 0 Å². The van der Waals surface area contributed by atoms with Crippen LogP contribution in [0.1, 0.15) is 25.8 Å². The Labute approximate surface area is 125 Å². The first-order valence-corrected chi connectivity index (χ1v) is 7.42. The smallest absolute Gasteiger partial charge is 0.224 e. The van der Waals surface area contributed by atoms with Crippen LogP contribution in [0.3, 0.4) is 0 Å². The molecular formula is C18H21NO2. The van der Waals surface area contributed by atoms with Crippen molar-refractivity contribution in [2.75, 3.05) is 0 Å².